The van der Waals surface area contributed by atoms with Gasteiger partial charge in [0.2, 0.25) is 5.13 Å². The second kappa shape index (κ2) is 7.59. The van der Waals surface area contributed by atoms with Crippen molar-refractivity contribution in [2.24, 2.45) is 0 Å². The summed E-state index contributed by atoms with van der Waals surface area (Å²) in [5.41, 5.74) is 1.70. The predicted octanol–water partition coefficient (Wildman–Crippen LogP) is 3.54. The molecule has 2 aromatic heterocycles. The highest BCUT2D eigenvalue weighted by Gasteiger charge is 2.11. The van der Waals surface area contributed by atoms with Crippen molar-refractivity contribution in [3.8, 4) is 0 Å². The number of hydrogen-bond donors (Lipinski definition) is 1. The first-order valence-electron chi connectivity index (χ1n) is 7.46. The molecule has 0 spiro atoms. The Bertz CT molecular complexity index is 796. The second-order valence-electron chi connectivity index (χ2n) is 5.43. The fraction of sp³-hybridized carbons (Fsp3) is 0.250. The first-order valence-corrected chi connectivity index (χ1v) is 9.16. The zero-order valence-electron chi connectivity index (χ0n) is 13.3. The van der Waals surface area contributed by atoms with Gasteiger partial charge in [0.25, 0.3) is 5.91 Å². The van der Waals surface area contributed by atoms with Gasteiger partial charge >= 0.3 is 0 Å². The minimum atomic E-state index is -0.179. The third-order valence-electron chi connectivity index (χ3n) is 3.10. The van der Waals surface area contributed by atoms with E-state index in [4.69, 9.17) is 0 Å². The Kier molecular flexibility index (Phi) is 5.27. The number of nitrogens with zero attached hydrogens (tertiary/aromatic N) is 4. The second-order valence-corrected chi connectivity index (χ2v) is 8.23. The number of imidazole rings is 1. The molecule has 1 amide bonds. The third kappa shape index (κ3) is 4.42. The van der Waals surface area contributed by atoms with Crippen LogP contribution in [0.5, 0.6) is 0 Å². The Morgan fingerprint density at radius 2 is 2.08 bits per heavy atom. The molecular weight excluding hydrogens is 342 g/mol. The summed E-state index contributed by atoms with van der Waals surface area (Å²) >= 11 is 3.02. The molecular formula is C16H17N5OS2. The lowest BCUT2D eigenvalue weighted by Crippen LogP contribution is -2.11. The molecule has 24 heavy (non-hydrogen) atoms. The Morgan fingerprint density at radius 1 is 1.29 bits per heavy atom. The first-order chi connectivity index (χ1) is 11.6. The van der Waals surface area contributed by atoms with Gasteiger partial charge in [-0.1, -0.05) is 49.1 Å². The zero-order chi connectivity index (χ0) is 16.9. The Hall–Kier alpha value is -2.19. The van der Waals surface area contributed by atoms with E-state index in [2.05, 4.69) is 34.3 Å². The highest BCUT2D eigenvalue weighted by Crippen LogP contribution is 2.28. The van der Waals surface area contributed by atoms with Crippen LogP contribution in [0.2, 0.25) is 0 Å². The maximum atomic E-state index is 12.3. The monoisotopic (exact) mass is 359 g/mol. The van der Waals surface area contributed by atoms with E-state index in [1.807, 2.05) is 35.0 Å². The number of rotatable bonds is 6. The number of carbonyl (C=O) groups is 1. The van der Waals surface area contributed by atoms with Crippen LogP contribution in [0, 0.1) is 0 Å². The van der Waals surface area contributed by atoms with Gasteiger partial charge in [-0.25, -0.2) is 4.98 Å². The van der Waals surface area contributed by atoms with E-state index in [9.17, 15) is 4.79 Å². The molecule has 0 aliphatic rings. The molecule has 1 aromatic carbocycles. The molecule has 3 aromatic rings. The average Bonchev–Trinajstić information content (AvgIpc) is 3.20. The molecule has 3 rings (SSSR count). The van der Waals surface area contributed by atoms with Crippen LogP contribution in [0.4, 0.5) is 5.13 Å². The van der Waals surface area contributed by atoms with Gasteiger partial charge in [-0.3, -0.25) is 10.1 Å². The molecule has 0 bridgehead atoms. The number of hydrogen-bond acceptors (Lipinski definition) is 6. The van der Waals surface area contributed by atoms with Crippen LogP contribution in [0.25, 0.3) is 0 Å². The maximum absolute atomic E-state index is 12.3. The fourth-order valence-corrected chi connectivity index (χ4v) is 4.00. The van der Waals surface area contributed by atoms with Gasteiger partial charge in [0, 0.05) is 29.8 Å². The van der Waals surface area contributed by atoms with Crippen LogP contribution in [0.15, 0.2) is 47.3 Å². The van der Waals surface area contributed by atoms with Crippen LogP contribution in [0.3, 0.4) is 0 Å². The number of thioether (sulfide) groups is 1. The number of nitrogens with one attached hydrogen (secondary N) is 1. The lowest BCUT2D eigenvalue weighted by molar-refractivity contribution is 0.102. The summed E-state index contributed by atoms with van der Waals surface area (Å²) in [5.74, 6) is -0.179. The molecule has 0 aliphatic carbocycles. The van der Waals surface area contributed by atoms with Crippen LogP contribution >= 0.6 is 23.1 Å². The quantitative estimate of drug-likeness (QED) is 0.538. The van der Waals surface area contributed by atoms with Gasteiger partial charge in [0.15, 0.2) is 4.34 Å². The Balaban J connectivity index is 1.61. The smallest absolute Gasteiger partial charge is 0.257 e. The van der Waals surface area contributed by atoms with E-state index in [1.165, 1.54) is 11.3 Å². The van der Waals surface area contributed by atoms with Crippen molar-refractivity contribution in [2.75, 3.05) is 5.32 Å². The maximum Gasteiger partial charge on any atom is 0.257 e. The van der Waals surface area contributed by atoms with E-state index in [-0.39, 0.29) is 5.91 Å². The van der Waals surface area contributed by atoms with E-state index < -0.39 is 0 Å². The highest BCUT2D eigenvalue weighted by molar-refractivity contribution is 8.01. The average molecular weight is 359 g/mol. The molecule has 8 heteroatoms. The van der Waals surface area contributed by atoms with Gasteiger partial charge in [-0.05, 0) is 17.7 Å². The number of amides is 1. The highest BCUT2D eigenvalue weighted by atomic mass is 32.2. The first kappa shape index (κ1) is 16.7. The number of aromatic nitrogens is 4. The van der Waals surface area contributed by atoms with Gasteiger partial charge in [0.05, 0.1) is 6.33 Å². The summed E-state index contributed by atoms with van der Waals surface area (Å²) in [7, 11) is 0. The van der Waals surface area contributed by atoms with Crippen molar-refractivity contribution in [1.29, 1.82) is 0 Å². The fourth-order valence-electron chi connectivity index (χ4n) is 2.03. The lowest BCUT2D eigenvalue weighted by Gasteiger charge is -2.05. The van der Waals surface area contributed by atoms with Gasteiger partial charge < -0.3 is 4.57 Å². The minimum Gasteiger partial charge on any atom is -0.333 e. The molecule has 6 nitrogen and oxygen atoms in total. The van der Waals surface area contributed by atoms with Crippen LogP contribution in [-0.2, 0) is 6.54 Å². The van der Waals surface area contributed by atoms with Crippen molar-refractivity contribution in [3.05, 3.63) is 54.1 Å². The van der Waals surface area contributed by atoms with Crippen molar-refractivity contribution in [1.82, 2.24) is 19.7 Å². The zero-order valence-corrected chi connectivity index (χ0v) is 15.0. The lowest BCUT2D eigenvalue weighted by atomic mass is 10.1. The molecule has 0 saturated carbocycles. The minimum absolute atomic E-state index is 0.179. The van der Waals surface area contributed by atoms with Crippen LogP contribution in [0.1, 0.15) is 29.8 Å². The van der Waals surface area contributed by atoms with Crippen molar-refractivity contribution in [3.63, 3.8) is 0 Å². The number of anilines is 1. The summed E-state index contributed by atoms with van der Waals surface area (Å²) in [6, 6.07) is 7.50. The summed E-state index contributed by atoms with van der Waals surface area (Å²) in [6.45, 7) is 4.92. The summed E-state index contributed by atoms with van der Waals surface area (Å²) < 4.78 is 2.83. The van der Waals surface area contributed by atoms with Crippen LogP contribution in [-0.4, -0.2) is 30.9 Å². The SMILES string of the molecule is CC(C)Sc1nnc(NC(=O)c2ccc(Cn3ccnc3)cc2)s1. The molecule has 0 aliphatic heterocycles. The third-order valence-corrected chi connectivity index (χ3v) is 5.03. The number of benzene rings is 1. The number of carbonyl (C=O) groups excluding carboxylic acids is 1. The van der Waals surface area contributed by atoms with E-state index in [1.54, 1.807) is 24.3 Å². The van der Waals surface area contributed by atoms with E-state index in [0.29, 0.717) is 15.9 Å². The van der Waals surface area contributed by atoms with Gasteiger partial charge in [-0.2, -0.15) is 0 Å². The topological polar surface area (TPSA) is 72.7 Å². The molecule has 0 atom stereocenters. The summed E-state index contributed by atoms with van der Waals surface area (Å²) in [4.78, 5) is 16.3. The molecule has 0 radical (unpaired) electrons. The molecule has 2 heterocycles. The molecule has 0 saturated heterocycles. The van der Waals surface area contributed by atoms with E-state index >= 15 is 0 Å². The molecule has 0 unspecified atom stereocenters. The standard InChI is InChI=1S/C16H17N5OS2/c1-11(2)23-16-20-19-15(24-16)18-14(22)13-5-3-12(4-6-13)9-21-8-7-17-10-21/h3-8,10-11H,9H2,1-2H3,(H,18,19,22). The summed E-state index contributed by atoms with van der Waals surface area (Å²) in [5, 5.41) is 11.8. The largest absolute Gasteiger partial charge is 0.333 e. The summed E-state index contributed by atoms with van der Waals surface area (Å²) in [6.07, 6.45) is 5.42. The predicted molar refractivity (Wildman–Crippen MR) is 96.6 cm³/mol. The van der Waals surface area contributed by atoms with Crippen molar-refractivity contribution >= 4 is 34.1 Å². The molecule has 0 fully saturated rings. The van der Waals surface area contributed by atoms with Gasteiger partial charge in [-0.15, -0.1) is 10.2 Å². The Labute approximate surface area is 148 Å². The molecule has 1 N–H and O–H groups in total. The van der Waals surface area contributed by atoms with Crippen molar-refractivity contribution in [2.45, 2.75) is 30.0 Å². The van der Waals surface area contributed by atoms with Crippen LogP contribution < -0.4 is 5.32 Å². The van der Waals surface area contributed by atoms with E-state index in [0.717, 1.165) is 16.4 Å². The molecule has 124 valence electrons. The van der Waals surface area contributed by atoms with Gasteiger partial charge in [0.1, 0.15) is 0 Å². The Morgan fingerprint density at radius 3 is 2.75 bits per heavy atom. The van der Waals surface area contributed by atoms with Crippen molar-refractivity contribution < 1.29 is 4.79 Å². The normalized spacial score (nSPS) is 11.0.